The van der Waals surface area contributed by atoms with E-state index >= 15 is 0 Å². The molecule has 1 fully saturated rings. The van der Waals surface area contributed by atoms with Crippen molar-refractivity contribution >= 4 is 16.8 Å². The molecule has 2 heterocycles. The van der Waals surface area contributed by atoms with Gasteiger partial charge in [0, 0.05) is 24.5 Å². The van der Waals surface area contributed by atoms with E-state index in [0.29, 0.717) is 11.3 Å². The number of rotatable bonds is 4. The molecule has 24 heavy (non-hydrogen) atoms. The van der Waals surface area contributed by atoms with E-state index in [0.717, 1.165) is 43.4 Å². The first kappa shape index (κ1) is 16.7. The number of aromatic nitrogens is 1. The molecule has 2 N–H and O–H groups in total. The van der Waals surface area contributed by atoms with Crippen molar-refractivity contribution in [3.8, 4) is 5.75 Å². The van der Waals surface area contributed by atoms with Crippen molar-refractivity contribution in [3.63, 3.8) is 0 Å². The van der Waals surface area contributed by atoms with Crippen LogP contribution in [0.1, 0.15) is 42.2 Å². The molecular formula is C19H25N3O2. The zero-order valence-corrected chi connectivity index (χ0v) is 14.4. The number of hydrogen-bond acceptors (Lipinski definition) is 4. The molecular weight excluding hydrogens is 302 g/mol. The molecule has 3 rings (SSSR count). The lowest BCUT2D eigenvalue weighted by molar-refractivity contribution is 0.0910. The first-order valence-corrected chi connectivity index (χ1v) is 8.70. The number of pyridine rings is 1. The van der Waals surface area contributed by atoms with Gasteiger partial charge in [0.15, 0.2) is 0 Å². The van der Waals surface area contributed by atoms with Crippen molar-refractivity contribution in [3.05, 3.63) is 35.5 Å². The molecule has 0 saturated carbocycles. The zero-order valence-electron chi connectivity index (χ0n) is 14.4. The summed E-state index contributed by atoms with van der Waals surface area (Å²) in [5, 5.41) is 13.6. The number of fused-ring (bicyclic) bond motifs is 1. The van der Waals surface area contributed by atoms with Gasteiger partial charge in [-0.1, -0.05) is 6.92 Å². The Labute approximate surface area is 142 Å². The summed E-state index contributed by atoms with van der Waals surface area (Å²) in [4.78, 5) is 19.6. The maximum Gasteiger partial charge on any atom is 0.253 e. The lowest BCUT2D eigenvalue weighted by Gasteiger charge is -2.32. The number of nitrogens with one attached hydrogen (secondary N) is 1. The topological polar surface area (TPSA) is 65.5 Å². The number of aromatic hydroxyl groups is 1. The summed E-state index contributed by atoms with van der Waals surface area (Å²) in [6.07, 6.45) is 3.16. The van der Waals surface area contributed by atoms with Crippen LogP contribution in [-0.4, -0.2) is 46.6 Å². The van der Waals surface area contributed by atoms with E-state index in [2.05, 4.69) is 22.1 Å². The van der Waals surface area contributed by atoms with Crippen LogP contribution in [0.15, 0.2) is 24.3 Å². The van der Waals surface area contributed by atoms with Crippen LogP contribution in [0.4, 0.5) is 0 Å². The molecule has 0 spiro atoms. The van der Waals surface area contributed by atoms with E-state index in [9.17, 15) is 9.90 Å². The van der Waals surface area contributed by atoms with E-state index in [1.165, 1.54) is 6.42 Å². The van der Waals surface area contributed by atoms with Crippen molar-refractivity contribution in [1.82, 2.24) is 15.2 Å². The Bertz CT molecular complexity index is 737. The number of carbonyl (C=O) groups is 1. The second-order valence-electron chi connectivity index (χ2n) is 6.59. The molecule has 5 heteroatoms. The highest BCUT2D eigenvalue weighted by Crippen LogP contribution is 2.21. The minimum atomic E-state index is -0.0702. The Kier molecular flexibility index (Phi) is 5.00. The Hall–Kier alpha value is -2.14. The monoisotopic (exact) mass is 327 g/mol. The summed E-state index contributed by atoms with van der Waals surface area (Å²) in [6.45, 7) is 7.27. The SMILES string of the molecule is CCCN1CCC(NC(=O)c2cc3cc(O)ccc3nc2C)CC1. The molecule has 1 saturated heterocycles. The van der Waals surface area contributed by atoms with Crippen molar-refractivity contribution in [2.75, 3.05) is 19.6 Å². The smallest absolute Gasteiger partial charge is 0.253 e. The van der Waals surface area contributed by atoms with Gasteiger partial charge in [-0.3, -0.25) is 9.78 Å². The van der Waals surface area contributed by atoms with Crippen LogP contribution in [0.3, 0.4) is 0 Å². The van der Waals surface area contributed by atoms with Gasteiger partial charge in [-0.2, -0.15) is 0 Å². The number of nitrogens with zero attached hydrogens (tertiary/aromatic N) is 2. The highest BCUT2D eigenvalue weighted by molar-refractivity contribution is 5.99. The van der Waals surface area contributed by atoms with Gasteiger partial charge in [-0.05, 0) is 57.0 Å². The number of aryl methyl sites for hydroxylation is 1. The summed E-state index contributed by atoms with van der Waals surface area (Å²) in [5.74, 6) is 0.113. The molecule has 0 radical (unpaired) electrons. The van der Waals surface area contributed by atoms with Gasteiger partial charge in [0.1, 0.15) is 5.75 Å². The maximum absolute atomic E-state index is 12.6. The van der Waals surface area contributed by atoms with Gasteiger partial charge >= 0.3 is 0 Å². The van der Waals surface area contributed by atoms with Crippen LogP contribution in [0.5, 0.6) is 5.75 Å². The number of carbonyl (C=O) groups excluding carboxylic acids is 1. The molecule has 1 aliphatic rings. The Morgan fingerprint density at radius 3 is 2.79 bits per heavy atom. The first-order valence-electron chi connectivity index (χ1n) is 8.70. The third-order valence-corrected chi connectivity index (χ3v) is 4.70. The Morgan fingerprint density at radius 1 is 1.33 bits per heavy atom. The van der Waals surface area contributed by atoms with E-state index in [1.807, 2.05) is 13.0 Å². The molecule has 0 aliphatic carbocycles. The van der Waals surface area contributed by atoms with E-state index in [1.54, 1.807) is 18.2 Å². The average molecular weight is 327 g/mol. The molecule has 1 amide bonds. The zero-order chi connectivity index (χ0) is 17.1. The summed E-state index contributed by atoms with van der Waals surface area (Å²) in [5.41, 5.74) is 2.09. The molecule has 5 nitrogen and oxygen atoms in total. The quantitative estimate of drug-likeness (QED) is 0.906. The highest BCUT2D eigenvalue weighted by atomic mass is 16.3. The number of likely N-dealkylation sites (tertiary alicyclic amines) is 1. The standard InChI is InChI=1S/C19H25N3O2/c1-3-8-22-9-6-15(7-10-22)21-19(24)17-12-14-11-16(23)4-5-18(14)20-13(17)2/h4-5,11-12,15,23H,3,6-10H2,1-2H3,(H,21,24). The van der Waals surface area contributed by atoms with Crippen LogP contribution < -0.4 is 5.32 Å². The van der Waals surface area contributed by atoms with Crippen molar-refractivity contribution in [2.45, 2.75) is 39.2 Å². The van der Waals surface area contributed by atoms with Crippen LogP contribution in [-0.2, 0) is 0 Å². The third-order valence-electron chi connectivity index (χ3n) is 4.70. The Morgan fingerprint density at radius 2 is 2.08 bits per heavy atom. The van der Waals surface area contributed by atoms with Crippen molar-refractivity contribution in [2.24, 2.45) is 0 Å². The number of amides is 1. The number of piperidine rings is 1. The number of benzene rings is 1. The predicted molar refractivity (Wildman–Crippen MR) is 95.4 cm³/mol. The average Bonchev–Trinajstić information content (AvgIpc) is 2.56. The van der Waals surface area contributed by atoms with E-state index < -0.39 is 0 Å². The molecule has 2 aromatic rings. The fourth-order valence-corrected chi connectivity index (χ4v) is 3.37. The fourth-order valence-electron chi connectivity index (χ4n) is 3.37. The third kappa shape index (κ3) is 3.67. The molecule has 0 unspecified atom stereocenters. The Balaban J connectivity index is 1.71. The largest absolute Gasteiger partial charge is 0.508 e. The lowest BCUT2D eigenvalue weighted by Crippen LogP contribution is -2.44. The van der Waals surface area contributed by atoms with Crippen LogP contribution in [0.25, 0.3) is 10.9 Å². The first-order chi connectivity index (χ1) is 11.6. The normalized spacial score (nSPS) is 16.4. The molecule has 1 aromatic carbocycles. The minimum Gasteiger partial charge on any atom is -0.508 e. The second kappa shape index (κ2) is 7.18. The molecule has 0 bridgehead atoms. The van der Waals surface area contributed by atoms with Gasteiger partial charge in [-0.25, -0.2) is 0 Å². The maximum atomic E-state index is 12.6. The van der Waals surface area contributed by atoms with Crippen molar-refractivity contribution in [1.29, 1.82) is 0 Å². The summed E-state index contributed by atoms with van der Waals surface area (Å²) in [6, 6.07) is 7.06. The molecule has 1 aliphatic heterocycles. The lowest BCUT2D eigenvalue weighted by atomic mass is 10.0. The van der Waals surface area contributed by atoms with Crippen molar-refractivity contribution < 1.29 is 9.90 Å². The summed E-state index contributed by atoms with van der Waals surface area (Å²) in [7, 11) is 0. The minimum absolute atomic E-state index is 0.0702. The fraction of sp³-hybridized carbons (Fsp3) is 0.474. The van der Waals surface area contributed by atoms with E-state index in [-0.39, 0.29) is 17.7 Å². The van der Waals surface area contributed by atoms with Gasteiger partial charge in [-0.15, -0.1) is 0 Å². The second-order valence-corrected chi connectivity index (χ2v) is 6.59. The van der Waals surface area contributed by atoms with Gasteiger partial charge < -0.3 is 15.3 Å². The molecule has 1 aromatic heterocycles. The van der Waals surface area contributed by atoms with Gasteiger partial charge in [0.05, 0.1) is 16.8 Å². The van der Waals surface area contributed by atoms with Gasteiger partial charge in [0.25, 0.3) is 5.91 Å². The van der Waals surface area contributed by atoms with Crippen LogP contribution in [0, 0.1) is 6.92 Å². The number of phenols is 1. The molecule has 0 atom stereocenters. The predicted octanol–water partition coefficient (Wildman–Crippen LogP) is 2.85. The summed E-state index contributed by atoms with van der Waals surface area (Å²) >= 11 is 0. The van der Waals surface area contributed by atoms with Gasteiger partial charge in [0.2, 0.25) is 0 Å². The number of hydrogen-bond donors (Lipinski definition) is 2. The van der Waals surface area contributed by atoms with Crippen LogP contribution in [0.2, 0.25) is 0 Å². The molecule has 128 valence electrons. The highest BCUT2D eigenvalue weighted by Gasteiger charge is 2.21. The van der Waals surface area contributed by atoms with E-state index in [4.69, 9.17) is 0 Å². The number of phenolic OH excluding ortho intramolecular Hbond substituents is 1. The summed E-state index contributed by atoms with van der Waals surface area (Å²) < 4.78 is 0. The van der Waals surface area contributed by atoms with Crippen LogP contribution >= 0.6 is 0 Å².